The zero-order valence-corrected chi connectivity index (χ0v) is 16.3. The standard InChI is InChI=1S/C20H23N3O4S/c24-20(16-6-2-1-3-7-16)22-13-19(14-22)28(25,26)23-11-9-18(12-23)27-15-17-8-4-5-10-21-17/h1-8,10,18-19H,9,11-15H2. The molecule has 0 saturated carbocycles. The Morgan fingerprint density at radius 1 is 1.07 bits per heavy atom. The third-order valence-electron chi connectivity index (χ3n) is 5.24. The molecule has 28 heavy (non-hydrogen) atoms. The molecular weight excluding hydrogens is 378 g/mol. The van der Waals surface area contributed by atoms with Crippen LogP contribution < -0.4 is 0 Å². The quantitative estimate of drug-likeness (QED) is 0.733. The second kappa shape index (κ2) is 7.98. The van der Waals surface area contributed by atoms with Gasteiger partial charge in [-0.25, -0.2) is 8.42 Å². The molecule has 0 bridgehead atoms. The van der Waals surface area contributed by atoms with Gasteiger partial charge in [-0.05, 0) is 30.7 Å². The van der Waals surface area contributed by atoms with Crippen LogP contribution in [0.1, 0.15) is 22.5 Å². The van der Waals surface area contributed by atoms with Crippen LogP contribution >= 0.6 is 0 Å². The van der Waals surface area contributed by atoms with Crippen LogP contribution in [0.2, 0.25) is 0 Å². The summed E-state index contributed by atoms with van der Waals surface area (Å²) in [6.45, 7) is 1.68. The Balaban J connectivity index is 1.28. The summed E-state index contributed by atoms with van der Waals surface area (Å²) < 4.78 is 33.1. The molecule has 1 aromatic carbocycles. The van der Waals surface area contributed by atoms with E-state index in [0.29, 0.717) is 31.7 Å². The lowest BCUT2D eigenvalue weighted by Gasteiger charge is -2.40. The van der Waals surface area contributed by atoms with E-state index >= 15 is 0 Å². The first kappa shape index (κ1) is 19.0. The molecule has 0 N–H and O–H groups in total. The summed E-state index contributed by atoms with van der Waals surface area (Å²) >= 11 is 0. The molecule has 2 aromatic rings. The maximum absolute atomic E-state index is 12.9. The number of rotatable bonds is 6. The number of benzene rings is 1. The Kier molecular flexibility index (Phi) is 5.43. The summed E-state index contributed by atoms with van der Waals surface area (Å²) in [5.74, 6) is -0.120. The fourth-order valence-corrected chi connectivity index (χ4v) is 5.41. The van der Waals surface area contributed by atoms with Crippen molar-refractivity contribution in [1.29, 1.82) is 0 Å². The minimum atomic E-state index is -3.42. The van der Waals surface area contributed by atoms with E-state index in [2.05, 4.69) is 4.98 Å². The van der Waals surface area contributed by atoms with E-state index in [9.17, 15) is 13.2 Å². The molecule has 2 aliphatic rings. The summed E-state index contributed by atoms with van der Waals surface area (Å²) in [7, 11) is -3.42. The van der Waals surface area contributed by atoms with Gasteiger partial charge in [-0.2, -0.15) is 4.31 Å². The molecule has 148 valence electrons. The first-order chi connectivity index (χ1) is 13.5. The minimum Gasteiger partial charge on any atom is -0.371 e. The second-order valence-corrected chi connectivity index (χ2v) is 9.36. The van der Waals surface area contributed by atoms with Crippen molar-refractivity contribution in [2.24, 2.45) is 0 Å². The molecule has 0 radical (unpaired) electrons. The van der Waals surface area contributed by atoms with Crippen LogP contribution in [0.4, 0.5) is 0 Å². The van der Waals surface area contributed by atoms with Gasteiger partial charge in [-0.3, -0.25) is 9.78 Å². The normalized spacial score (nSPS) is 20.9. The number of aromatic nitrogens is 1. The van der Waals surface area contributed by atoms with Gasteiger partial charge in [0.2, 0.25) is 10.0 Å². The molecule has 4 rings (SSSR count). The van der Waals surface area contributed by atoms with E-state index in [1.165, 1.54) is 4.31 Å². The number of amides is 1. The van der Waals surface area contributed by atoms with Gasteiger partial charge in [-0.15, -0.1) is 0 Å². The smallest absolute Gasteiger partial charge is 0.253 e. The molecule has 8 heteroatoms. The number of ether oxygens (including phenoxy) is 1. The fourth-order valence-electron chi connectivity index (χ4n) is 3.52. The van der Waals surface area contributed by atoms with Crippen LogP contribution in [0.15, 0.2) is 54.7 Å². The van der Waals surface area contributed by atoms with Crippen LogP contribution in [-0.2, 0) is 21.4 Å². The number of hydrogen-bond acceptors (Lipinski definition) is 5. The summed E-state index contributed by atoms with van der Waals surface area (Å²) in [5, 5.41) is -0.533. The molecule has 0 aliphatic carbocycles. The summed E-state index contributed by atoms with van der Waals surface area (Å²) in [6, 6.07) is 14.6. The molecule has 2 saturated heterocycles. The Hall–Kier alpha value is -2.29. The van der Waals surface area contributed by atoms with Gasteiger partial charge >= 0.3 is 0 Å². The van der Waals surface area contributed by atoms with E-state index < -0.39 is 15.3 Å². The number of carbonyl (C=O) groups excluding carboxylic acids is 1. The Bertz CT molecular complexity index is 915. The third kappa shape index (κ3) is 3.94. The molecule has 1 unspecified atom stereocenters. The highest BCUT2D eigenvalue weighted by atomic mass is 32.2. The average Bonchev–Trinajstić information content (AvgIpc) is 3.16. The Morgan fingerprint density at radius 2 is 1.82 bits per heavy atom. The molecule has 1 aromatic heterocycles. The number of carbonyl (C=O) groups is 1. The van der Waals surface area contributed by atoms with Crippen molar-refractivity contribution in [2.75, 3.05) is 26.2 Å². The van der Waals surface area contributed by atoms with Crippen LogP contribution in [0.3, 0.4) is 0 Å². The number of likely N-dealkylation sites (tertiary alicyclic amines) is 1. The third-order valence-corrected chi connectivity index (χ3v) is 7.43. The number of sulfonamides is 1. The van der Waals surface area contributed by atoms with E-state index in [-0.39, 0.29) is 25.1 Å². The average molecular weight is 401 g/mol. The van der Waals surface area contributed by atoms with Crippen molar-refractivity contribution in [3.63, 3.8) is 0 Å². The number of nitrogens with zero attached hydrogens (tertiary/aromatic N) is 3. The summed E-state index contributed by atoms with van der Waals surface area (Å²) in [6.07, 6.45) is 2.26. The molecular formula is C20H23N3O4S. The predicted molar refractivity (Wildman–Crippen MR) is 104 cm³/mol. The molecule has 2 aliphatic heterocycles. The fraction of sp³-hybridized carbons (Fsp3) is 0.400. The highest BCUT2D eigenvalue weighted by Gasteiger charge is 2.44. The van der Waals surface area contributed by atoms with Crippen LogP contribution in [0, 0.1) is 0 Å². The maximum Gasteiger partial charge on any atom is 0.253 e. The topological polar surface area (TPSA) is 79.8 Å². The predicted octanol–water partition coefficient (Wildman–Crippen LogP) is 1.53. The summed E-state index contributed by atoms with van der Waals surface area (Å²) in [4.78, 5) is 18.2. The van der Waals surface area contributed by atoms with Crippen molar-refractivity contribution in [1.82, 2.24) is 14.2 Å². The molecule has 0 spiro atoms. The molecule has 7 nitrogen and oxygen atoms in total. The SMILES string of the molecule is O=C(c1ccccc1)N1CC(S(=O)(=O)N2CCC(OCc3ccccn3)C2)C1. The van der Waals surface area contributed by atoms with Crippen molar-refractivity contribution < 1.29 is 17.9 Å². The molecule has 1 amide bonds. The van der Waals surface area contributed by atoms with Gasteiger partial charge < -0.3 is 9.64 Å². The van der Waals surface area contributed by atoms with Crippen LogP contribution in [-0.4, -0.2) is 66.0 Å². The minimum absolute atomic E-state index is 0.120. The van der Waals surface area contributed by atoms with Gasteiger partial charge in [0.1, 0.15) is 5.25 Å². The molecule has 1 atom stereocenters. The zero-order chi connectivity index (χ0) is 19.6. The van der Waals surface area contributed by atoms with Crippen molar-refractivity contribution in [3.8, 4) is 0 Å². The Labute approximate surface area is 165 Å². The van der Waals surface area contributed by atoms with Gasteiger partial charge in [0, 0.05) is 37.9 Å². The van der Waals surface area contributed by atoms with E-state index in [0.717, 1.165) is 5.69 Å². The largest absolute Gasteiger partial charge is 0.371 e. The van der Waals surface area contributed by atoms with Crippen molar-refractivity contribution in [3.05, 3.63) is 66.0 Å². The van der Waals surface area contributed by atoms with Gasteiger partial charge in [0.05, 0.1) is 18.4 Å². The van der Waals surface area contributed by atoms with Gasteiger partial charge in [-0.1, -0.05) is 24.3 Å². The zero-order valence-electron chi connectivity index (χ0n) is 15.5. The van der Waals surface area contributed by atoms with Gasteiger partial charge in [0.25, 0.3) is 5.91 Å². The first-order valence-electron chi connectivity index (χ1n) is 9.39. The van der Waals surface area contributed by atoms with E-state index in [1.807, 2.05) is 24.3 Å². The lowest BCUT2D eigenvalue weighted by atomic mass is 10.1. The molecule has 2 fully saturated rings. The number of pyridine rings is 1. The van der Waals surface area contributed by atoms with Crippen molar-refractivity contribution >= 4 is 15.9 Å². The second-order valence-electron chi connectivity index (χ2n) is 7.14. The Morgan fingerprint density at radius 3 is 2.54 bits per heavy atom. The highest BCUT2D eigenvalue weighted by Crippen LogP contribution is 2.26. The maximum atomic E-state index is 12.9. The van der Waals surface area contributed by atoms with Crippen molar-refractivity contribution in [2.45, 2.75) is 24.4 Å². The van der Waals surface area contributed by atoms with E-state index in [4.69, 9.17) is 4.74 Å². The lowest BCUT2D eigenvalue weighted by molar-refractivity contribution is 0.0485. The monoisotopic (exact) mass is 401 g/mol. The van der Waals surface area contributed by atoms with Crippen LogP contribution in [0.5, 0.6) is 0 Å². The first-order valence-corrected chi connectivity index (χ1v) is 10.9. The summed E-state index contributed by atoms with van der Waals surface area (Å²) in [5.41, 5.74) is 1.42. The highest BCUT2D eigenvalue weighted by molar-refractivity contribution is 7.89. The lowest BCUT2D eigenvalue weighted by Crippen LogP contribution is -2.59. The van der Waals surface area contributed by atoms with Gasteiger partial charge in [0.15, 0.2) is 0 Å². The molecule has 3 heterocycles. The van der Waals surface area contributed by atoms with E-state index in [1.54, 1.807) is 35.4 Å². The van der Waals surface area contributed by atoms with Crippen LogP contribution in [0.25, 0.3) is 0 Å². The number of hydrogen-bond donors (Lipinski definition) is 0.